The number of carbonyl (C=O) groups is 2. The van der Waals surface area contributed by atoms with E-state index >= 15 is 0 Å². The fourth-order valence-electron chi connectivity index (χ4n) is 2.12. The number of carboxylic acids is 1. The third kappa shape index (κ3) is 6.20. The molecular formula is C19H17Cl2NO5. The molecule has 0 spiro atoms. The van der Waals surface area contributed by atoms with E-state index in [4.69, 9.17) is 37.8 Å². The van der Waals surface area contributed by atoms with Crippen molar-refractivity contribution < 1.29 is 24.2 Å². The molecule has 0 aliphatic carbocycles. The minimum absolute atomic E-state index is 0.168. The molecule has 0 fully saturated rings. The number of aliphatic carboxylic acids is 1. The summed E-state index contributed by atoms with van der Waals surface area (Å²) in [6.45, 7) is -0.272. The maximum atomic E-state index is 11.5. The van der Waals surface area contributed by atoms with Crippen molar-refractivity contribution in [2.45, 2.75) is 6.61 Å². The molecule has 0 bridgehead atoms. The second-order valence-corrected chi connectivity index (χ2v) is 6.16. The van der Waals surface area contributed by atoms with E-state index in [1.165, 1.54) is 19.3 Å². The van der Waals surface area contributed by atoms with Gasteiger partial charge in [-0.15, -0.1) is 0 Å². The molecule has 0 heterocycles. The highest BCUT2D eigenvalue weighted by Gasteiger charge is 2.10. The summed E-state index contributed by atoms with van der Waals surface area (Å²) in [4.78, 5) is 21.9. The lowest BCUT2D eigenvalue weighted by Crippen LogP contribution is -2.27. The van der Waals surface area contributed by atoms with Crippen molar-refractivity contribution in [2.24, 2.45) is 0 Å². The van der Waals surface area contributed by atoms with Crippen molar-refractivity contribution >= 4 is 41.2 Å². The van der Waals surface area contributed by atoms with Crippen LogP contribution in [0.2, 0.25) is 10.0 Å². The van der Waals surface area contributed by atoms with Crippen molar-refractivity contribution in [3.63, 3.8) is 0 Å². The lowest BCUT2D eigenvalue weighted by molar-refractivity contribution is -0.137. The lowest BCUT2D eigenvalue weighted by atomic mass is 10.2. The number of carboxylic acid groups (broad SMARTS) is 1. The first kappa shape index (κ1) is 20.6. The number of methoxy groups -OCH3 is 1. The number of nitrogens with one attached hydrogen (secondary N) is 1. The summed E-state index contributed by atoms with van der Waals surface area (Å²) in [6, 6.07) is 10.3. The Morgan fingerprint density at radius 3 is 2.48 bits per heavy atom. The highest BCUT2D eigenvalue weighted by atomic mass is 35.5. The first-order chi connectivity index (χ1) is 12.9. The van der Waals surface area contributed by atoms with Crippen LogP contribution in [0.5, 0.6) is 11.5 Å². The summed E-state index contributed by atoms with van der Waals surface area (Å²) >= 11 is 12.3. The van der Waals surface area contributed by atoms with Crippen LogP contribution in [0.1, 0.15) is 11.1 Å². The van der Waals surface area contributed by atoms with E-state index in [2.05, 4.69) is 5.32 Å². The zero-order chi connectivity index (χ0) is 19.8. The molecule has 2 rings (SSSR count). The monoisotopic (exact) mass is 409 g/mol. The molecule has 6 nitrogen and oxygen atoms in total. The van der Waals surface area contributed by atoms with Crippen LogP contribution in [0.15, 0.2) is 42.5 Å². The highest BCUT2D eigenvalue weighted by Crippen LogP contribution is 2.31. The highest BCUT2D eigenvalue weighted by molar-refractivity contribution is 6.35. The van der Waals surface area contributed by atoms with Crippen LogP contribution in [-0.4, -0.2) is 30.6 Å². The topological polar surface area (TPSA) is 84.9 Å². The second-order valence-electron chi connectivity index (χ2n) is 5.34. The first-order valence-corrected chi connectivity index (χ1v) is 8.57. The van der Waals surface area contributed by atoms with Crippen molar-refractivity contribution in [3.05, 3.63) is 63.6 Å². The van der Waals surface area contributed by atoms with E-state index in [0.717, 1.165) is 0 Å². The first-order valence-electron chi connectivity index (χ1n) is 7.82. The third-order valence-electron chi connectivity index (χ3n) is 3.46. The Hall–Kier alpha value is -2.70. The van der Waals surface area contributed by atoms with Crippen molar-refractivity contribution in [1.29, 1.82) is 0 Å². The van der Waals surface area contributed by atoms with E-state index in [9.17, 15) is 9.59 Å². The summed E-state index contributed by atoms with van der Waals surface area (Å²) in [5.74, 6) is -0.671. The Balaban J connectivity index is 2.07. The van der Waals surface area contributed by atoms with E-state index < -0.39 is 18.4 Å². The van der Waals surface area contributed by atoms with E-state index in [1.807, 2.05) is 0 Å². The van der Waals surface area contributed by atoms with Gasteiger partial charge >= 0.3 is 5.97 Å². The number of carbonyl (C=O) groups excluding carboxylic acids is 1. The SMILES string of the molecule is COc1cc(/C=C/C(=O)NCC(=O)O)ccc1OCc1c(Cl)cccc1Cl. The van der Waals surface area contributed by atoms with Gasteiger partial charge in [-0.2, -0.15) is 0 Å². The van der Waals surface area contributed by atoms with Gasteiger partial charge in [0.1, 0.15) is 13.2 Å². The van der Waals surface area contributed by atoms with Gasteiger partial charge in [0, 0.05) is 21.7 Å². The van der Waals surface area contributed by atoms with Crippen LogP contribution < -0.4 is 14.8 Å². The molecule has 0 aliphatic rings. The molecule has 142 valence electrons. The van der Waals surface area contributed by atoms with Gasteiger partial charge in [-0.25, -0.2) is 0 Å². The number of amides is 1. The number of hydrogen-bond donors (Lipinski definition) is 2. The predicted octanol–water partition coefficient (Wildman–Crippen LogP) is 3.80. The van der Waals surface area contributed by atoms with Crippen LogP contribution in [-0.2, 0) is 16.2 Å². The molecule has 8 heteroatoms. The van der Waals surface area contributed by atoms with Crippen LogP contribution in [0, 0.1) is 0 Å². The fraction of sp³-hybridized carbons (Fsp3) is 0.158. The van der Waals surface area contributed by atoms with E-state index in [1.54, 1.807) is 36.4 Å². The number of halogens is 2. The zero-order valence-electron chi connectivity index (χ0n) is 14.4. The summed E-state index contributed by atoms with van der Waals surface area (Å²) < 4.78 is 11.1. The zero-order valence-corrected chi connectivity index (χ0v) is 15.9. The molecule has 2 aromatic carbocycles. The van der Waals surface area contributed by atoms with Gasteiger partial charge in [-0.3, -0.25) is 9.59 Å². The van der Waals surface area contributed by atoms with Crippen LogP contribution >= 0.6 is 23.2 Å². The number of ether oxygens (including phenoxy) is 2. The molecule has 2 N–H and O–H groups in total. The molecule has 1 amide bonds. The molecule has 27 heavy (non-hydrogen) atoms. The Labute approximate surface area is 166 Å². The molecule has 0 saturated carbocycles. The Morgan fingerprint density at radius 2 is 1.85 bits per heavy atom. The molecule has 2 aromatic rings. The summed E-state index contributed by atoms with van der Waals surface area (Å²) in [5.41, 5.74) is 1.35. The van der Waals surface area contributed by atoms with Gasteiger partial charge < -0.3 is 19.9 Å². The minimum atomic E-state index is -1.11. The third-order valence-corrected chi connectivity index (χ3v) is 4.17. The minimum Gasteiger partial charge on any atom is -0.493 e. The van der Waals surface area contributed by atoms with Crippen LogP contribution in [0.25, 0.3) is 6.08 Å². The quantitative estimate of drug-likeness (QED) is 0.647. The Morgan fingerprint density at radius 1 is 1.15 bits per heavy atom. The molecule has 0 saturated heterocycles. The van der Waals surface area contributed by atoms with E-state index in [0.29, 0.717) is 32.7 Å². The molecule has 0 aliphatic heterocycles. The predicted molar refractivity (Wildman–Crippen MR) is 103 cm³/mol. The van der Waals surface area contributed by atoms with Gasteiger partial charge in [0.25, 0.3) is 0 Å². The standard InChI is InChI=1S/C19H17Cl2NO5/c1-26-17-9-12(6-8-18(23)22-10-19(24)25)5-7-16(17)27-11-13-14(20)3-2-4-15(13)21/h2-9H,10-11H2,1H3,(H,22,23)(H,24,25)/b8-6+. The number of rotatable bonds is 8. The second kappa shape index (κ2) is 9.85. The lowest BCUT2D eigenvalue weighted by Gasteiger charge is -2.13. The molecule has 0 unspecified atom stereocenters. The summed E-state index contributed by atoms with van der Waals surface area (Å²) in [6.07, 6.45) is 2.77. The average molecular weight is 410 g/mol. The van der Waals surface area contributed by atoms with Gasteiger partial charge in [-0.1, -0.05) is 35.3 Å². The molecule has 0 aromatic heterocycles. The molecule has 0 radical (unpaired) electrons. The van der Waals surface area contributed by atoms with Gasteiger partial charge in [0.05, 0.1) is 7.11 Å². The smallest absolute Gasteiger partial charge is 0.322 e. The molecular weight excluding hydrogens is 393 g/mol. The largest absolute Gasteiger partial charge is 0.493 e. The van der Waals surface area contributed by atoms with Crippen LogP contribution in [0.4, 0.5) is 0 Å². The fourth-order valence-corrected chi connectivity index (χ4v) is 2.63. The van der Waals surface area contributed by atoms with Gasteiger partial charge in [0.15, 0.2) is 11.5 Å². The maximum Gasteiger partial charge on any atom is 0.322 e. The Kier molecular flexibility index (Phi) is 7.52. The van der Waals surface area contributed by atoms with Gasteiger partial charge in [0.2, 0.25) is 5.91 Å². The average Bonchev–Trinajstić information content (AvgIpc) is 2.64. The summed E-state index contributed by atoms with van der Waals surface area (Å²) in [5, 5.41) is 11.8. The molecule has 0 atom stereocenters. The van der Waals surface area contributed by atoms with E-state index in [-0.39, 0.29) is 6.61 Å². The summed E-state index contributed by atoms with van der Waals surface area (Å²) in [7, 11) is 1.50. The maximum absolute atomic E-state index is 11.5. The van der Waals surface area contributed by atoms with Crippen molar-refractivity contribution in [2.75, 3.05) is 13.7 Å². The van der Waals surface area contributed by atoms with Crippen molar-refractivity contribution in [1.82, 2.24) is 5.32 Å². The van der Waals surface area contributed by atoms with Crippen molar-refractivity contribution in [3.8, 4) is 11.5 Å². The van der Waals surface area contributed by atoms with Crippen LogP contribution in [0.3, 0.4) is 0 Å². The Bertz CT molecular complexity index is 847. The van der Waals surface area contributed by atoms with Gasteiger partial charge in [-0.05, 0) is 35.9 Å². The number of benzene rings is 2. The normalized spacial score (nSPS) is 10.6. The number of hydrogen-bond acceptors (Lipinski definition) is 4.